The van der Waals surface area contributed by atoms with E-state index in [-0.39, 0.29) is 6.10 Å². The van der Waals surface area contributed by atoms with Crippen LogP contribution in [0.25, 0.3) is 0 Å². The van der Waals surface area contributed by atoms with Crippen molar-refractivity contribution < 1.29 is 19.0 Å². The Morgan fingerprint density at radius 2 is 2.42 bits per heavy atom. The summed E-state index contributed by atoms with van der Waals surface area (Å²) < 4.78 is 14.7. The van der Waals surface area contributed by atoms with E-state index in [4.69, 9.17) is 9.47 Å². The lowest BCUT2D eigenvalue weighted by Gasteiger charge is -2.16. The van der Waals surface area contributed by atoms with E-state index in [2.05, 4.69) is 4.74 Å². The summed E-state index contributed by atoms with van der Waals surface area (Å²) in [7, 11) is 1.30. The fourth-order valence-electron chi connectivity index (χ4n) is 1.73. The second kappa shape index (κ2) is 2.62. The third-order valence-electron chi connectivity index (χ3n) is 2.44. The van der Waals surface area contributed by atoms with Crippen LogP contribution in [0.4, 0.5) is 4.79 Å². The van der Waals surface area contributed by atoms with Crippen LogP contribution < -0.4 is 0 Å². The Balaban J connectivity index is 1.91. The van der Waals surface area contributed by atoms with Gasteiger partial charge >= 0.3 is 6.16 Å². The number of carbonyl (C=O) groups is 1. The van der Waals surface area contributed by atoms with Crippen LogP contribution in [-0.2, 0) is 14.2 Å². The van der Waals surface area contributed by atoms with Gasteiger partial charge in [-0.15, -0.1) is 0 Å². The minimum absolute atomic E-state index is 0.130. The quantitative estimate of drug-likeness (QED) is 0.443. The summed E-state index contributed by atoms with van der Waals surface area (Å²) in [5.41, 5.74) is 0. The predicted molar refractivity (Wildman–Crippen MR) is 39.6 cm³/mol. The molecule has 0 unspecified atom stereocenters. The van der Waals surface area contributed by atoms with Crippen molar-refractivity contribution in [3.63, 3.8) is 0 Å². The maximum Gasteiger partial charge on any atom is 0.510 e. The van der Waals surface area contributed by atoms with E-state index < -0.39 is 11.9 Å². The summed E-state index contributed by atoms with van der Waals surface area (Å²) >= 11 is 0. The molecule has 1 heterocycles. The maximum absolute atomic E-state index is 10.8. The van der Waals surface area contributed by atoms with Crippen molar-refractivity contribution in [1.82, 2.24) is 0 Å². The molecule has 2 rings (SSSR count). The molecule has 68 valence electrons. The maximum atomic E-state index is 10.8. The SMILES string of the molecule is COC(=O)O[C@]12CCCC[C@H]1O2. The lowest BCUT2D eigenvalue weighted by atomic mass is 9.98. The molecule has 0 aromatic heterocycles. The molecule has 12 heavy (non-hydrogen) atoms. The molecule has 0 N–H and O–H groups in total. The highest BCUT2D eigenvalue weighted by Gasteiger charge is 2.61. The Kier molecular flexibility index (Phi) is 1.72. The van der Waals surface area contributed by atoms with Crippen LogP contribution in [0.5, 0.6) is 0 Å². The molecule has 2 aliphatic rings. The number of hydrogen-bond donors (Lipinski definition) is 0. The molecule has 1 aliphatic heterocycles. The lowest BCUT2D eigenvalue weighted by Crippen LogP contribution is -2.26. The molecule has 0 aromatic carbocycles. The number of carbonyl (C=O) groups excluding carboxylic acids is 1. The topological polar surface area (TPSA) is 48.1 Å². The number of epoxide rings is 1. The molecule has 0 bridgehead atoms. The molecule has 1 saturated carbocycles. The van der Waals surface area contributed by atoms with E-state index in [9.17, 15) is 4.79 Å². The van der Waals surface area contributed by atoms with Gasteiger partial charge in [0.15, 0.2) is 0 Å². The Labute approximate surface area is 70.8 Å². The van der Waals surface area contributed by atoms with Gasteiger partial charge in [-0.2, -0.15) is 0 Å². The summed E-state index contributed by atoms with van der Waals surface area (Å²) in [6.07, 6.45) is 3.53. The van der Waals surface area contributed by atoms with Crippen molar-refractivity contribution in [3.05, 3.63) is 0 Å². The molecule has 0 amide bonds. The van der Waals surface area contributed by atoms with Crippen LogP contribution in [0.1, 0.15) is 25.7 Å². The summed E-state index contributed by atoms with van der Waals surface area (Å²) in [4.78, 5) is 10.8. The first-order chi connectivity index (χ1) is 5.77. The van der Waals surface area contributed by atoms with Gasteiger partial charge in [0.2, 0.25) is 5.79 Å². The van der Waals surface area contributed by atoms with Crippen molar-refractivity contribution in [2.75, 3.05) is 7.11 Å². The number of fused-ring (bicyclic) bond motifs is 1. The van der Waals surface area contributed by atoms with Gasteiger partial charge in [0, 0.05) is 6.42 Å². The van der Waals surface area contributed by atoms with Gasteiger partial charge in [-0.25, -0.2) is 4.79 Å². The van der Waals surface area contributed by atoms with E-state index in [0.717, 1.165) is 25.7 Å². The Morgan fingerprint density at radius 3 is 3.08 bits per heavy atom. The molecule has 4 heteroatoms. The van der Waals surface area contributed by atoms with Gasteiger partial charge in [-0.05, 0) is 12.8 Å². The van der Waals surface area contributed by atoms with Gasteiger partial charge in [0.25, 0.3) is 0 Å². The van der Waals surface area contributed by atoms with Crippen LogP contribution in [0.2, 0.25) is 0 Å². The first-order valence-corrected chi connectivity index (χ1v) is 4.22. The summed E-state index contributed by atoms with van der Waals surface area (Å²) in [6.45, 7) is 0. The molecule has 1 aliphatic carbocycles. The van der Waals surface area contributed by atoms with E-state index in [1.165, 1.54) is 7.11 Å². The normalized spacial score (nSPS) is 38.2. The zero-order valence-electron chi connectivity index (χ0n) is 7.04. The van der Waals surface area contributed by atoms with Crippen LogP contribution in [0.15, 0.2) is 0 Å². The fourth-order valence-corrected chi connectivity index (χ4v) is 1.73. The Hall–Kier alpha value is -0.770. The zero-order chi connectivity index (χ0) is 8.60. The Morgan fingerprint density at radius 1 is 1.58 bits per heavy atom. The van der Waals surface area contributed by atoms with Crippen molar-refractivity contribution in [2.45, 2.75) is 37.6 Å². The van der Waals surface area contributed by atoms with Crippen LogP contribution >= 0.6 is 0 Å². The van der Waals surface area contributed by atoms with Crippen LogP contribution in [0, 0.1) is 0 Å². The highest BCUT2D eigenvalue weighted by molar-refractivity contribution is 5.60. The third-order valence-corrected chi connectivity index (χ3v) is 2.44. The van der Waals surface area contributed by atoms with Crippen LogP contribution in [-0.4, -0.2) is 25.2 Å². The van der Waals surface area contributed by atoms with Crippen LogP contribution in [0.3, 0.4) is 0 Å². The predicted octanol–water partition coefficient (Wildman–Crippen LogP) is 1.44. The van der Waals surface area contributed by atoms with Crippen molar-refractivity contribution >= 4 is 6.16 Å². The molecule has 4 nitrogen and oxygen atoms in total. The van der Waals surface area contributed by atoms with E-state index in [1.807, 2.05) is 0 Å². The van der Waals surface area contributed by atoms with Gasteiger partial charge in [0.1, 0.15) is 6.10 Å². The first kappa shape index (κ1) is 7.86. The fraction of sp³-hybridized carbons (Fsp3) is 0.875. The zero-order valence-corrected chi connectivity index (χ0v) is 7.04. The summed E-state index contributed by atoms with van der Waals surface area (Å²) in [5.74, 6) is -0.606. The largest absolute Gasteiger partial charge is 0.510 e. The highest BCUT2D eigenvalue weighted by Crippen LogP contribution is 2.48. The summed E-state index contributed by atoms with van der Waals surface area (Å²) in [6, 6.07) is 0. The van der Waals surface area contributed by atoms with Crippen molar-refractivity contribution in [3.8, 4) is 0 Å². The molecular formula is C8H12O4. The van der Waals surface area contributed by atoms with Crippen molar-refractivity contribution in [2.24, 2.45) is 0 Å². The van der Waals surface area contributed by atoms with E-state index >= 15 is 0 Å². The molecule has 0 radical (unpaired) electrons. The van der Waals surface area contributed by atoms with E-state index in [0.29, 0.717) is 0 Å². The minimum Gasteiger partial charge on any atom is -0.438 e. The number of ether oxygens (including phenoxy) is 3. The molecule has 0 spiro atoms. The average molecular weight is 172 g/mol. The average Bonchev–Trinajstić information content (AvgIpc) is 2.78. The monoisotopic (exact) mass is 172 g/mol. The number of hydrogen-bond acceptors (Lipinski definition) is 4. The Bertz CT molecular complexity index is 203. The highest BCUT2D eigenvalue weighted by atomic mass is 16.9. The van der Waals surface area contributed by atoms with Gasteiger partial charge in [-0.1, -0.05) is 6.42 Å². The standard InChI is InChI=1S/C8H12O4/c1-10-7(9)12-8-5-3-2-4-6(8)11-8/h6H,2-5H2,1H3/t6-,8-/m1/s1. The lowest BCUT2D eigenvalue weighted by molar-refractivity contribution is -0.0340. The number of methoxy groups -OCH3 is 1. The smallest absolute Gasteiger partial charge is 0.438 e. The molecule has 1 saturated heterocycles. The van der Waals surface area contributed by atoms with Gasteiger partial charge in [0.05, 0.1) is 7.11 Å². The van der Waals surface area contributed by atoms with Gasteiger partial charge in [-0.3, -0.25) is 0 Å². The summed E-state index contributed by atoms with van der Waals surface area (Å²) in [5, 5.41) is 0. The molecule has 2 atom stereocenters. The van der Waals surface area contributed by atoms with E-state index in [1.54, 1.807) is 0 Å². The first-order valence-electron chi connectivity index (χ1n) is 4.22. The second-order valence-corrected chi connectivity index (χ2v) is 3.22. The van der Waals surface area contributed by atoms with Crippen molar-refractivity contribution in [1.29, 1.82) is 0 Å². The molecule has 2 fully saturated rings. The van der Waals surface area contributed by atoms with Gasteiger partial charge < -0.3 is 14.2 Å². The molecular weight excluding hydrogens is 160 g/mol. The minimum atomic E-state index is -0.639. The number of rotatable bonds is 1. The second-order valence-electron chi connectivity index (χ2n) is 3.22. The third kappa shape index (κ3) is 1.16. The molecule has 0 aromatic rings.